The van der Waals surface area contributed by atoms with E-state index in [0.29, 0.717) is 46.7 Å². The van der Waals surface area contributed by atoms with Gasteiger partial charge in [-0.3, -0.25) is 9.59 Å². The Bertz CT molecular complexity index is 1580. The summed E-state index contributed by atoms with van der Waals surface area (Å²) in [5.74, 6) is 2.55. The molecule has 45 heavy (non-hydrogen) atoms. The first-order valence-electron chi connectivity index (χ1n) is 14.4. The van der Waals surface area contributed by atoms with Crippen molar-refractivity contribution in [2.24, 2.45) is 5.73 Å². The van der Waals surface area contributed by atoms with Crippen molar-refractivity contribution < 1.29 is 33.3 Å². The maximum atomic E-state index is 13.9. The molecule has 0 spiro atoms. The van der Waals surface area contributed by atoms with Crippen molar-refractivity contribution in [2.45, 2.75) is 32.5 Å². The molecule has 0 atom stereocenters. The van der Waals surface area contributed by atoms with Crippen LogP contribution in [0.5, 0.6) is 34.5 Å². The average molecular weight is 614 g/mol. The molecule has 10 nitrogen and oxygen atoms in total. The summed E-state index contributed by atoms with van der Waals surface area (Å²) in [6, 6.07) is 25.7. The third-order valence-corrected chi connectivity index (χ3v) is 7.12. The minimum atomic E-state index is -0.275. The van der Waals surface area contributed by atoms with E-state index in [1.165, 1.54) is 21.3 Å². The lowest BCUT2D eigenvalue weighted by atomic mass is 10.1. The zero-order valence-electron chi connectivity index (χ0n) is 26.0. The molecule has 0 bridgehead atoms. The van der Waals surface area contributed by atoms with E-state index in [-0.39, 0.29) is 37.7 Å². The zero-order valence-corrected chi connectivity index (χ0v) is 26.0. The first-order chi connectivity index (χ1) is 21.9. The van der Waals surface area contributed by atoms with Crippen LogP contribution in [-0.2, 0) is 29.2 Å². The first kappa shape index (κ1) is 32.7. The molecule has 0 heterocycles. The standard InChI is InChI=1S/C35H39N3O7/c1-41-29-14-7-5-11-26(29)22-37-33(39)16-17-34(40)38(23-25-19-31(42-2)35(44-4)32(20-25)43-3)28-13-6-8-15-30(28)45-27-12-9-10-24(18-27)21-36/h5-15,18-20H,16-17,21-23,36H2,1-4H3,(H,37,39). The Morgan fingerprint density at radius 3 is 2.04 bits per heavy atom. The van der Waals surface area contributed by atoms with Gasteiger partial charge in [-0.25, -0.2) is 0 Å². The van der Waals surface area contributed by atoms with Crippen LogP contribution < -0.4 is 39.6 Å². The van der Waals surface area contributed by atoms with Crippen molar-refractivity contribution in [2.75, 3.05) is 33.3 Å². The SMILES string of the molecule is COc1ccccc1CNC(=O)CCC(=O)N(Cc1cc(OC)c(OC)c(OC)c1)c1ccccc1Oc1cccc(CN)c1. The Balaban J connectivity index is 1.61. The number of nitrogens with one attached hydrogen (secondary N) is 1. The molecule has 3 N–H and O–H groups in total. The van der Waals surface area contributed by atoms with E-state index in [2.05, 4.69) is 5.32 Å². The van der Waals surface area contributed by atoms with Crippen LogP contribution in [0.3, 0.4) is 0 Å². The molecule has 0 fully saturated rings. The average Bonchev–Trinajstić information content (AvgIpc) is 3.08. The van der Waals surface area contributed by atoms with Crippen molar-refractivity contribution in [3.63, 3.8) is 0 Å². The van der Waals surface area contributed by atoms with E-state index in [9.17, 15) is 9.59 Å². The van der Waals surface area contributed by atoms with Crippen LogP contribution in [0.15, 0.2) is 84.9 Å². The second-order valence-corrected chi connectivity index (χ2v) is 10.0. The Morgan fingerprint density at radius 2 is 1.38 bits per heavy atom. The van der Waals surface area contributed by atoms with Crippen LogP contribution >= 0.6 is 0 Å². The van der Waals surface area contributed by atoms with Crippen molar-refractivity contribution in [3.05, 3.63) is 102 Å². The maximum absolute atomic E-state index is 13.9. The molecule has 4 aromatic rings. The number of nitrogens with zero attached hydrogens (tertiary/aromatic N) is 1. The second kappa shape index (κ2) is 16.0. The largest absolute Gasteiger partial charge is 0.496 e. The zero-order chi connectivity index (χ0) is 32.2. The summed E-state index contributed by atoms with van der Waals surface area (Å²) in [6.45, 7) is 0.788. The predicted molar refractivity (Wildman–Crippen MR) is 172 cm³/mol. The summed E-state index contributed by atoms with van der Waals surface area (Å²) in [5.41, 5.74) is 8.84. The molecule has 0 aliphatic rings. The molecule has 0 radical (unpaired) electrons. The highest BCUT2D eigenvalue weighted by Crippen LogP contribution is 2.40. The fourth-order valence-corrected chi connectivity index (χ4v) is 4.83. The molecule has 4 aromatic carbocycles. The van der Waals surface area contributed by atoms with Gasteiger partial charge in [0.15, 0.2) is 17.2 Å². The number of anilines is 1. The molecule has 0 aliphatic carbocycles. The van der Waals surface area contributed by atoms with Gasteiger partial charge in [-0.05, 0) is 53.6 Å². The van der Waals surface area contributed by atoms with Crippen molar-refractivity contribution in [1.82, 2.24) is 5.32 Å². The van der Waals surface area contributed by atoms with E-state index in [4.69, 9.17) is 29.4 Å². The van der Waals surface area contributed by atoms with Crippen LogP contribution in [0.1, 0.15) is 29.5 Å². The van der Waals surface area contributed by atoms with Gasteiger partial charge in [0.25, 0.3) is 0 Å². The molecular weight excluding hydrogens is 574 g/mol. The van der Waals surface area contributed by atoms with E-state index in [1.54, 1.807) is 36.3 Å². The molecule has 0 unspecified atom stereocenters. The summed E-state index contributed by atoms with van der Waals surface area (Å²) in [4.78, 5) is 28.4. The van der Waals surface area contributed by atoms with Gasteiger partial charge in [-0.1, -0.05) is 42.5 Å². The minimum absolute atomic E-state index is 0.0126. The number of benzene rings is 4. The summed E-state index contributed by atoms with van der Waals surface area (Å²) < 4.78 is 28.2. The highest BCUT2D eigenvalue weighted by molar-refractivity contribution is 5.96. The second-order valence-electron chi connectivity index (χ2n) is 10.0. The summed E-state index contributed by atoms with van der Waals surface area (Å²) >= 11 is 0. The van der Waals surface area contributed by atoms with E-state index in [1.807, 2.05) is 60.7 Å². The molecule has 10 heteroatoms. The fourth-order valence-electron chi connectivity index (χ4n) is 4.83. The Hall–Kier alpha value is -5.22. The number of methoxy groups -OCH3 is 4. The van der Waals surface area contributed by atoms with Crippen LogP contribution in [0.4, 0.5) is 5.69 Å². The normalized spacial score (nSPS) is 10.5. The van der Waals surface area contributed by atoms with Gasteiger partial charge >= 0.3 is 0 Å². The smallest absolute Gasteiger partial charge is 0.227 e. The molecule has 4 rings (SSSR count). The first-order valence-corrected chi connectivity index (χ1v) is 14.4. The highest BCUT2D eigenvalue weighted by atomic mass is 16.5. The number of ether oxygens (including phenoxy) is 5. The van der Waals surface area contributed by atoms with Crippen LogP contribution in [0.2, 0.25) is 0 Å². The Kier molecular flexibility index (Phi) is 11.6. The molecule has 236 valence electrons. The molecule has 0 saturated heterocycles. The van der Waals surface area contributed by atoms with Gasteiger partial charge in [0, 0.05) is 31.5 Å². The summed E-state index contributed by atoms with van der Waals surface area (Å²) in [6.07, 6.45) is -0.0551. The van der Waals surface area contributed by atoms with Gasteiger partial charge in [0.05, 0.1) is 40.7 Å². The molecule has 0 aliphatic heterocycles. The monoisotopic (exact) mass is 613 g/mol. The van der Waals surface area contributed by atoms with E-state index >= 15 is 0 Å². The number of hydrogen-bond acceptors (Lipinski definition) is 8. The molecular formula is C35H39N3O7. The number of hydrogen-bond donors (Lipinski definition) is 2. The number of rotatable bonds is 15. The third-order valence-electron chi connectivity index (χ3n) is 7.12. The van der Waals surface area contributed by atoms with Crippen LogP contribution in [0.25, 0.3) is 0 Å². The van der Waals surface area contributed by atoms with Crippen molar-refractivity contribution in [1.29, 1.82) is 0 Å². The quantitative estimate of drug-likeness (QED) is 0.178. The lowest BCUT2D eigenvalue weighted by Gasteiger charge is -2.26. The number of nitrogens with two attached hydrogens (primary N) is 1. The predicted octanol–water partition coefficient (Wildman–Crippen LogP) is 5.60. The van der Waals surface area contributed by atoms with Gasteiger partial charge in [0.1, 0.15) is 11.5 Å². The van der Waals surface area contributed by atoms with Crippen LogP contribution in [0, 0.1) is 0 Å². The summed E-state index contributed by atoms with van der Waals surface area (Å²) in [7, 11) is 6.18. The number of carbonyl (C=O) groups excluding carboxylic acids is 2. The van der Waals surface area contributed by atoms with Gasteiger partial charge in [-0.15, -0.1) is 0 Å². The Morgan fingerprint density at radius 1 is 0.711 bits per heavy atom. The maximum Gasteiger partial charge on any atom is 0.227 e. The van der Waals surface area contributed by atoms with Gasteiger partial charge < -0.3 is 39.6 Å². The van der Waals surface area contributed by atoms with Crippen LogP contribution in [-0.4, -0.2) is 40.3 Å². The third kappa shape index (κ3) is 8.45. The topological polar surface area (TPSA) is 122 Å². The number of para-hydroxylation sites is 3. The fraction of sp³-hybridized carbons (Fsp3) is 0.257. The molecule has 0 saturated carbocycles. The van der Waals surface area contributed by atoms with Crippen molar-refractivity contribution >= 4 is 17.5 Å². The minimum Gasteiger partial charge on any atom is -0.496 e. The molecule has 0 aromatic heterocycles. The molecule has 2 amide bonds. The van der Waals surface area contributed by atoms with E-state index < -0.39 is 0 Å². The van der Waals surface area contributed by atoms with Gasteiger partial charge in [0.2, 0.25) is 17.6 Å². The lowest BCUT2D eigenvalue weighted by molar-refractivity contribution is -0.125. The summed E-state index contributed by atoms with van der Waals surface area (Å²) in [5, 5.41) is 2.88. The van der Waals surface area contributed by atoms with Crippen molar-refractivity contribution in [3.8, 4) is 34.5 Å². The lowest BCUT2D eigenvalue weighted by Crippen LogP contribution is -2.32. The number of amides is 2. The van der Waals surface area contributed by atoms with Gasteiger partial charge in [-0.2, -0.15) is 0 Å². The van der Waals surface area contributed by atoms with E-state index in [0.717, 1.165) is 16.7 Å². The highest BCUT2D eigenvalue weighted by Gasteiger charge is 2.23. The Labute approximate surface area is 263 Å². The number of carbonyl (C=O) groups is 2.